The lowest BCUT2D eigenvalue weighted by molar-refractivity contribution is -0.223. The molecular formula is C34H54O8. The van der Waals surface area contributed by atoms with Crippen LogP contribution in [0.5, 0.6) is 0 Å². The monoisotopic (exact) mass is 590 g/mol. The molecule has 0 spiro atoms. The van der Waals surface area contributed by atoms with Gasteiger partial charge in [0.15, 0.2) is 11.6 Å². The van der Waals surface area contributed by atoms with E-state index in [1.807, 2.05) is 41.5 Å². The average Bonchev–Trinajstić information content (AvgIpc) is 3.00. The van der Waals surface area contributed by atoms with Gasteiger partial charge in [-0.15, -0.1) is 0 Å². The zero-order valence-corrected chi connectivity index (χ0v) is 27.6. The minimum Gasteiger partial charge on any atom is -0.459 e. The molecule has 8 atom stereocenters. The number of carbonyl (C=O) groups excluding carboxylic acids is 4. The van der Waals surface area contributed by atoms with Crippen LogP contribution in [0, 0.1) is 22.7 Å². The quantitative estimate of drug-likeness (QED) is 0.344. The summed E-state index contributed by atoms with van der Waals surface area (Å²) in [6, 6.07) is 0. The summed E-state index contributed by atoms with van der Waals surface area (Å²) in [5, 5.41) is 0. The third-order valence-corrected chi connectivity index (χ3v) is 11.8. The van der Waals surface area contributed by atoms with Crippen molar-refractivity contribution in [3.8, 4) is 0 Å². The molecule has 4 rings (SSSR count). The second-order valence-corrected chi connectivity index (χ2v) is 15.7. The van der Waals surface area contributed by atoms with Gasteiger partial charge in [-0.05, 0) is 92.9 Å². The van der Waals surface area contributed by atoms with Crippen LogP contribution in [0.2, 0.25) is 0 Å². The Bertz CT molecular complexity index is 1020. The maximum atomic E-state index is 13.1. The summed E-state index contributed by atoms with van der Waals surface area (Å²) in [5.74, 6) is -0.627. The first-order valence-corrected chi connectivity index (χ1v) is 16.0. The van der Waals surface area contributed by atoms with E-state index < -0.39 is 33.2 Å². The minimum absolute atomic E-state index is 0.0929. The van der Waals surface area contributed by atoms with Crippen molar-refractivity contribution in [1.29, 1.82) is 0 Å². The van der Waals surface area contributed by atoms with E-state index >= 15 is 0 Å². The highest BCUT2D eigenvalue weighted by Gasteiger charge is 2.61. The first kappa shape index (κ1) is 33.1. The first-order chi connectivity index (χ1) is 19.2. The molecule has 0 radical (unpaired) electrons. The number of rotatable bonds is 5. The molecule has 4 aliphatic rings. The number of ketones is 2. The summed E-state index contributed by atoms with van der Waals surface area (Å²) in [7, 11) is 0. The molecule has 238 valence electrons. The van der Waals surface area contributed by atoms with Gasteiger partial charge in [0.1, 0.15) is 22.4 Å². The van der Waals surface area contributed by atoms with Crippen molar-refractivity contribution in [3.63, 3.8) is 0 Å². The van der Waals surface area contributed by atoms with Crippen molar-refractivity contribution < 1.29 is 38.1 Å². The Labute approximate surface area is 252 Å². The lowest BCUT2D eigenvalue weighted by Crippen LogP contribution is -2.60. The molecule has 2 heterocycles. The average molecular weight is 591 g/mol. The van der Waals surface area contributed by atoms with Gasteiger partial charge in [-0.25, -0.2) is 0 Å². The Kier molecular flexibility index (Phi) is 8.65. The fourth-order valence-corrected chi connectivity index (χ4v) is 9.46. The van der Waals surface area contributed by atoms with Gasteiger partial charge < -0.3 is 18.9 Å². The van der Waals surface area contributed by atoms with E-state index in [1.165, 1.54) is 13.8 Å². The number of hydrogen-bond acceptors (Lipinski definition) is 8. The van der Waals surface area contributed by atoms with Crippen LogP contribution in [-0.2, 0) is 38.1 Å². The van der Waals surface area contributed by atoms with Gasteiger partial charge in [0, 0.05) is 49.4 Å². The molecule has 0 aromatic heterocycles. The standard InChI is InChI=1S/C34H54O8/c1-21(35)39-33(9)19-15-27-31(7,17-13-25(37)29(3,4)41-27)23(33)11-12-24-32(8)18-14-26(38)30(5,6)42-28(32)16-20-34(24,10)40-22(2)36/h23-24,27-28H,11-20H2,1-10H3/t23-,24-,27-,28-,31-,32-,33-,34-/m0/s1. The van der Waals surface area contributed by atoms with Gasteiger partial charge >= 0.3 is 11.9 Å². The predicted octanol–water partition coefficient (Wildman–Crippen LogP) is 6.30. The van der Waals surface area contributed by atoms with E-state index in [-0.39, 0.29) is 47.5 Å². The van der Waals surface area contributed by atoms with Gasteiger partial charge in [-0.2, -0.15) is 0 Å². The zero-order chi connectivity index (χ0) is 31.5. The van der Waals surface area contributed by atoms with Crippen LogP contribution >= 0.6 is 0 Å². The second kappa shape index (κ2) is 11.0. The summed E-state index contributed by atoms with van der Waals surface area (Å²) in [6.45, 7) is 18.8. The Morgan fingerprint density at radius 1 is 0.643 bits per heavy atom. The second-order valence-electron chi connectivity index (χ2n) is 15.7. The van der Waals surface area contributed by atoms with Crippen LogP contribution < -0.4 is 0 Å². The molecule has 4 fully saturated rings. The highest BCUT2D eigenvalue weighted by molar-refractivity contribution is 5.87. The summed E-state index contributed by atoms with van der Waals surface area (Å²) < 4.78 is 25.4. The summed E-state index contributed by atoms with van der Waals surface area (Å²) in [5.41, 5.74) is -4.01. The van der Waals surface area contributed by atoms with Crippen molar-refractivity contribution in [1.82, 2.24) is 0 Å². The number of fused-ring (bicyclic) bond motifs is 2. The van der Waals surface area contributed by atoms with Crippen molar-refractivity contribution in [2.45, 2.75) is 168 Å². The third kappa shape index (κ3) is 5.83. The molecule has 8 heteroatoms. The number of esters is 2. The van der Waals surface area contributed by atoms with Crippen molar-refractivity contribution in [2.24, 2.45) is 22.7 Å². The highest BCUT2D eigenvalue weighted by atomic mass is 16.6. The van der Waals surface area contributed by atoms with Crippen molar-refractivity contribution >= 4 is 23.5 Å². The molecule has 2 saturated heterocycles. The maximum absolute atomic E-state index is 13.1. The molecule has 0 amide bonds. The highest BCUT2D eigenvalue weighted by Crippen LogP contribution is 2.60. The van der Waals surface area contributed by atoms with Crippen LogP contribution in [0.1, 0.15) is 133 Å². The molecule has 8 nitrogen and oxygen atoms in total. The van der Waals surface area contributed by atoms with Gasteiger partial charge in [-0.3, -0.25) is 19.2 Å². The molecule has 0 aromatic rings. The van der Waals surface area contributed by atoms with Crippen LogP contribution in [0.25, 0.3) is 0 Å². The van der Waals surface area contributed by atoms with Gasteiger partial charge in [-0.1, -0.05) is 13.8 Å². The number of ether oxygens (including phenoxy) is 4. The van der Waals surface area contributed by atoms with Gasteiger partial charge in [0.25, 0.3) is 0 Å². The van der Waals surface area contributed by atoms with E-state index in [9.17, 15) is 19.2 Å². The molecule has 0 bridgehead atoms. The molecule has 2 aliphatic carbocycles. The summed E-state index contributed by atoms with van der Waals surface area (Å²) in [4.78, 5) is 51.0. The Morgan fingerprint density at radius 2 is 0.976 bits per heavy atom. The molecular weight excluding hydrogens is 536 g/mol. The van der Waals surface area contributed by atoms with E-state index in [0.717, 1.165) is 0 Å². The third-order valence-electron chi connectivity index (χ3n) is 11.8. The van der Waals surface area contributed by atoms with E-state index in [1.54, 1.807) is 0 Å². The van der Waals surface area contributed by atoms with Gasteiger partial charge in [0.2, 0.25) is 0 Å². The molecule has 0 aromatic carbocycles. The van der Waals surface area contributed by atoms with E-state index in [0.29, 0.717) is 64.2 Å². The summed E-state index contributed by atoms with van der Waals surface area (Å²) >= 11 is 0. The molecule has 0 unspecified atom stereocenters. The zero-order valence-electron chi connectivity index (χ0n) is 27.6. The predicted molar refractivity (Wildman–Crippen MR) is 158 cm³/mol. The van der Waals surface area contributed by atoms with Gasteiger partial charge in [0.05, 0.1) is 12.2 Å². The van der Waals surface area contributed by atoms with Crippen molar-refractivity contribution in [3.05, 3.63) is 0 Å². The Hall–Kier alpha value is -1.80. The van der Waals surface area contributed by atoms with E-state index in [2.05, 4.69) is 13.8 Å². The lowest BCUT2D eigenvalue weighted by Gasteiger charge is -2.58. The number of carbonyl (C=O) groups is 4. The SMILES string of the molecule is CC(=O)O[C@@]1(C)CC[C@@H]2OC(C)(C)C(=O)CC[C@@]2(C)[C@@H]1CC[C@H]1[C@]2(C)CCC(=O)C(C)(C)O[C@H]2CC[C@]1(C)OC(C)=O. The molecule has 42 heavy (non-hydrogen) atoms. The number of Topliss-reactive ketones (excluding diaryl/α,β-unsaturated/α-hetero) is 2. The van der Waals surface area contributed by atoms with Crippen LogP contribution in [0.4, 0.5) is 0 Å². The van der Waals surface area contributed by atoms with Crippen LogP contribution in [-0.4, -0.2) is 58.1 Å². The van der Waals surface area contributed by atoms with Crippen LogP contribution in [0.3, 0.4) is 0 Å². The molecule has 2 aliphatic heterocycles. The minimum atomic E-state index is -0.864. The fourth-order valence-electron chi connectivity index (χ4n) is 9.46. The Morgan fingerprint density at radius 3 is 1.29 bits per heavy atom. The maximum Gasteiger partial charge on any atom is 0.303 e. The first-order valence-electron chi connectivity index (χ1n) is 16.0. The topological polar surface area (TPSA) is 105 Å². The smallest absolute Gasteiger partial charge is 0.303 e. The van der Waals surface area contributed by atoms with E-state index in [4.69, 9.17) is 18.9 Å². The molecule has 0 N–H and O–H groups in total. The normalized spacial score (nSPS) is 43.3. The van der Waals surface area contributed by atoms with Crippen LogP contribution in [0.15, 0.2) is 0 Å². The fraction of sp³-hybridized carbons (Fsp3) is 0.882. The molecule has 2 saturated carbocycles. The summed E-state index contributed by atoms with van der Waals surface area (Å²) in [6.07, 6.45) is 5.88. The largest absolute Gasteiger partial charge is 0.459 e. The number of hydrogen-bond donors (Lipinski definition) is 0. The van der Waals surface area contributed by atoms with Crippen molar-refractivity contribution in [2.75, 3.05) is 0 Å². The lowest BCUT2D eigenvalue weighted by atomic mass is 9.53. The Balaban J connectivity index is 1.75.